The van der Waals surface area contributed by atoms with Crippen LogP contribution in [0.2, 0.25) is 0 Å². The number of carbonyl (C=O) groups is 3. The SMILES string of the molecule is CCOC(=O)CCN(CCOC)C(C=O)C(=O)OCC. The van der Waals surface area contributed by atoms with Gasteiger partial charge in [0.1, 0.15) is 6.29 Å². The minimum absolute atomic E-state index is 0.0985. The number of hydrogen-bond donors (Lipinski definition) is 0. The molecule has 0 fully saturated rings. The van der Waals surface area contributed by atoms with Crippen molar-refractivity contribution in [3.05, 3.63) is 0 Å². The highest BCUT2D eigenvalue weighted by Gasteiger charge is 2.27. The Balaban J connectivity index is 4.60. The Morgan fingerprint density at radius 3 is 2.30 bits per heavy atom. The Labute approximate surface area is 119 Å². The molecule has 0 N–H and O–H groups in total. The lowest BCUT2D eigenvalue weighted by molar-refractivity contribution is -0.153. The fourth-order valence-electron chi connectivity index (χ4n) is 1.58. The van der Waals surface area contributed by atoms with E-state index < -0.39 is 12.0 Å². The van der Waals surface area contributed by atoms with Crippen LogP contribution in [0.25, 0.3) is 0 Å². The zero-order valence-electron chi connectivity index (χ0n) is 12.3. The number of carbonyl (C=O) groups excluding carboxylic acids is 3. The van der Waals surface area contributed by atoms with Gasteiger partial charge >= 0.3 is 11.9 Å². The van der Waals surface area contributed by atoms with Gasteiger partial charge in [-0.3, -0.25) is 9.69 Å². The first-order chi connectivity index (χ1) is 9.60. The van der Waals surface area contributed by atoms with Crippen molar-refractivity contribution in [2.45, 2.75) is 26.3 Å². The molecule has 0 bridgehead atoms. The van der Waals surface area contributed by atoms with Crippen molar-refractivity contribution in [1.82, 2.24) is 4.90 Å². The Bertz CT molecular complexity index is 307. The summed E-state index contributed by atoms with van der Waals surface area (Å²) in [6.07, 6.45) is 0.611. The van der Waals surface area contributed by atoms with E-state index in [0.29, 0.717) is 26.0 Å². The summed E-state index contributed by atoms with van der Waals surface area (Å²) in [5, 5.41) is 0. The molecule has 0 radical (unpaired) electrons. The molecule has 7 heteroatoms. The van der Waals surface area contributed by atoms with Crippen LogP contribution in [-0.4, -0.2) is 69.2 Å². The lowest BCUT2D eigenvalue weighted by atomic mass is 10.2. The molecule has 0 saturated carbocycles. The molecular weight excluding hydrogens is 266 g/mol. The van der Waals surface area contributed by atoms with Crippen LogP contribution in [0.3, 0.4) is 0 Å². The highest BCUT2D eigenvalue weighted by molar-refractivity contribution is 5.92. The molecular formula is C13H23NO6. The summed E-state index contributed by atoms with van der Waals surface area (Å²) in [5.74, 6) is -0.995. The van der Waals surface area contributed by atoms with Crippen molar-refractivity contribution in [1.29, 1.82) is 0 Å². The normalized spacial score (nSPS) is 12.0. The third-order valence-corrected chi connectivity index (χ3v) is 2.54. The van der Waals surface area contributed by atoms with Crippen molar-refractivity contribution in [2.75, 3.05) is 40.0 Å². The summed E-state index contributed by atoms with van der Waals surface area (Å²) in [4.78, 5) is 35.7. The second-order valence-corrected chi connectivity index (χ2v) is 3.92. The topological polar surface area (TPSA) is 82.1 Å². The lowest BCUT2D eigenvalue weighted by Crippen LogP contribution is -2.46. The van der Waals surface area contributed by atoms with Crippen LogP contribution >= 0.6 is 0 Å². The summed E-state index contributed by atoms with van der Waals surface area (Å²) in [5.41, 5.74) is 0. The quantitative estimate of drug-likeness (QED) is 0.301. The van der Waals surface area contributed by atoms with Crippen molar-refractivity contribution in [2.24, 2.45) is 0 Å². The van der Waals surface area contributed by atoms with Gasteiger partial charge in [0.05, 0.1) is 26.2 Å². The standard InChI is InChI=1S/C13H23NO6/c1-4-19-12(16)6-7-14(8-9-18-3)11(10-15)13(17)20-5-2/h10-11H,4-9H2,1-3H3. The first-order valence-electron chi connectivity index (χ1n) is 6.61. The molecule has 0 aromatic carbocycles. The molecule has 1 atom stereocenters. The van der Waals surface area contributed by atoms with E-state index >= 15 is 0 Å². The van der Waals surface area contributed by atoms with Crippen LogP contribution in [0.15, 0.2) is 0 Å². The average molecular weight is 289 g/mol. The smallest absolute Gasteiger partial charge is 0.330 e. The van der Waals surface area contributed by atoms with Crippen molar-refractivity contribution < 1.29 is 28.6 Å². The maximum absolute atomic E-state index is 11.7. The zero-order chi connectivity index (χ0) is 15.4. The molecule has 0 aromatic rings. The molecule has 0 aliphatic heterocycles. The zero-order valence-corrected chi connectivity index (χ0v) is 12.3. The molecule has 7 nitrogen and oxygen atoms in total. The van der Waals surface area contributed by atoms with Gasteiger partial charge in [-0.2, -0.15) is 0 Å². The third-order valence-electron chi connectivity index (χ3n) is 2.54. The summed E-state index contributed by atoms with van der Waals surface area (Å²) in [7, 11) is 1.52. The van der Waals surface area contributed by atoms with Gasteiger partial charge in [0, 0.05) is 20.2 Å². The van der Waals surface area contributed by atoms with Crippen LogP contribution in [0.4, 0.5) is 0 Å². The van der Waals surface area contributed by atoms with Crippen molar-refractivity contribution in [3.8, 4) is 0 Å². The van der Waals surface area contributed by atoms with Gasteiger partial charge in [-0.05, 0) is 13.8 Å². The van der Waals surface area contributed by atoms with Crippen LogP contribution in [-0.2, 0) is 28.6 Å². The molecule has 20 heavy (non-hydrogen) atoms. The molecule has 0 aliphatic rings. The number of rotatable bonds is 11. The predicted molar refractivity (Wildman–Crippen MR) is 71.2 cm³/mol. The molecule has 0 heterocycles. The number of methoxy groups -OCH3 is 1. The number of esters is 2. The highest BCUT2D eigenvalue weighted by Crippen LogP contribution is 2.03. The number of aldehydes is 1. The Kier molecular flexibility index (Phi) is 10.5. The van der Waals surface area contributed by atoms with Crippen LogP contribution in [0.5, 0.6) is 0 Å². The van der Waals surface area contributed by atoms with Gasteiger partial charge in [0.25, 0.3) is 0 Å². The van der Waals surface area contributed by atoms with E-state index in [0.717, 1.165) is 0 Å². The summed E-state index contributed by atoms with van der Waals surface area (Å²) < 4.78 is 14.6. The van der Waals surface area contributed by atoms with E-state index in [1.54, 1.807) is 18.7 Å². The molecule has 0 amide bonds. The van der Waals surface area contributed by atoms with E-state index in [1.807, 2.05) is 0 Å². The van der Waals surface area contributed by atoms with Gasteiger partial charge in [-0.25, -0.2) is 4.79 Å². The fourth-order valence-corrected chi connectivity index (χ4v) is 1.58. The Morgan fingerprint density at radius 2 is 1.80 bits per heavy atom. The average Bonchev–Trinajstić information content (AvgIpc) is 2.42. The summed E-state index contributed by atoms with van der Waals surface area (Å²) in [6.45, 7) is 4.78. The maximum Gasteiger partial charge on any atom is 0.330 e. The summed E-state index contributed by atoms with van der Waals surface area (Å²) in [6, 6.07) is -1.03. The first kappa shape index (κ1) is 18.5. The largest absolute Gasteiger partial charge is 0.466 e. The van der Waals surface area contributed by atoms with Crippen molar-refractivity contribution >= 4 is 18.2 Å². The van der Waals surface area contributed by atoms with Gasteiger partial charge in [0.15, 0.2) is 6.04 Å². The Hall–Kier alpha value is -1.47. The monoisotopic (exact) mass is 289 g/mol. The second kappa shape index (κ2) is 11.4. The maximum atomic E-state index is 11.7. The molecule has 0 rings (SSSR count). The fraction of sp³-hybridized carbons (Fsp3) is 0.769. The predicted octanol–water partition coefficient (Wildman–Crippen LogP) is 0.0186. The molecule has 0 aromatic heterocycles. The molecule has 0 spiro atoms. The molecule has 0 saturated heterocycles. The van der Waals surface area contributed by atoms with Crippen LogP contribution in [0, 0.1) is 0 Å². The van der Waals surface area contributed by atoms with Gasteiger partial charge in [-0.1, -0.05) is 0 Å². The summed E-state index contributed by atoms with van der Waals surface area (Å²) >= 11 is 0. The van der Waals surface area contributed by atoms with E-state index in [1.165, 1.54) is 7.11 Å². The second-order valence-electron chi connectivity index (χ2n) is 3.92. The lowest BCUT2D eigenvalue weighted by Gasteiger charge is -2.25. The minimum atomic E-state index is -1.03. The first-order valence-corrected chi connectivity index (χ1v) is 6.61. The van der Waals surface area contributed by atoms with Crippen LogP contribution < -0.4 is 0 Å². The van der Waals surface area contributed by atoms with Crippen LogP contribution in [0.1, 0.15) is 20.3 Å². The van der Waals surface area contributed by atoms with E-state index in [9.17, 15) is 14.4 Å². The van der Waals surface area contributed by atoms with Gasteiger partial charge in [-0.15, -0.1) is 0 Å². The van der Waals surface area contributed by atoms with Gasteiger partial charge < -0.3 is 19.0 Å². The van der Waals surface area contributed by atoms with E-state index in [-0.39, 0.29) is 25.5 Å². The van der Waals surface area contributed by atoms with Gasteiger partial charge in [0.2, 0.25) is 0 Å². The number of nitrogens with zero attached hydrogens (tertiary/aromatic N) is 1. The molecule has 1 unspecified atom stereocenters. The minimum Gasteiger partial charge on any atom is -0.466 e. The molecule has 0 aliphatic carbocycles. The number of hydrogen-bond acceptors (Lipinski definition) is 7. The van der Waals surface area contributed by atoms with Crippen molar-refractivity contribution in [3.63, 3.8) is 0 Å². The molecule has 116 valence electrons. The van der Waals surface area contributed by atoms with E-state index in [4.69, 9.17) is 14.2 Å². The van der Waals surface area contributed by atoms with E-state index in [2.05, 4.69) is 0 Å². The highest BCUT2D eigenvalue weighted by atomic mass is 16.5. The Morgan fingerprint density at radius 1 is 1.15 bits per heavy atom. The third kappa shape index (κ3) is 7.20. The number of ether oxygens (including phenoxy) is 3.